The van der Waals surface area contributed by atoms with E-state index < -0.39 is 17.5 Å². The topological polar surface area (TPSA) is 26.0 Å². The van der Waals surface area contributed by atoms with Gasteiger partial charge in [-0.2, -0.15) is 0 Å². The normalized spacial score (nSPS) is 22.5. The molecule has 0 spiro atoms. The van der Waals surface area contributed by atoms with Crippen molar-refractivity contribution in [3.05, 3.63) is 89.3 Å². The molecule has 2 N–H and O–H groups in total. The summed E-state index contributed by atoms with van der Waals surface area (Å²) in [6, 6.07) is 16.6. The lowest BCUT2D eigenvalue weighted by atomic mass is 9.85. The van der Waals surface area contributed by atoms with Crippen LogP contribution in [-0.2, 0) is 6.42 Å². The Morgan fingerprint density at radius 3 is 2.36 bits per heavy atom. The number of hydrogen-bond donors (Lipinski definition) is 1. The van der Waals surface area contributed by atoms with E-state index in [4.69, 9.17) is 5.73 Å². The van der Waals surface area contributed by atoms with Gasteiger partial charge >= 0.3 is 0 Å². The highest BCUT2D eigenvalue weighted by Gasteiger charge is 2.40. The summed E-state index contributed by atoms with van der Waals surface area (Å²) in [6.45, 7) is 2.06. The van der Waals surface area contributed by atoms with Crippen LogP contribution >= 0.6 is 0 Å². The predicted molar refractivity (Wildman–Crippen MR) is 98.1 cm³/mol. The molecule has 0 aliphatic heterocycles. The third kappa shape index (κ3) is 3.55. The molecule has 2 aromatic rings. The molecule has 2 atom stereocenters. The summed E-state index contributed by atoms with van der Waals surface area (Å²) < 4.78 is 29.2. The number of alkyl halides is 1. The number of rotatable bonds is 2. The Balaban J connectivity index is 1.89. The molecule has 1 aliphatic carbocycles. The molecule has 0 saturated carbocycles. The van der Waals surface area contributed by atoms with E-state index in [1.807, 2.05) is 42.5 Å². The summed E-state index contributed by atoms with van der Waals surface area (Å²) in [5.41, 5.74) is 7.07. The van der Waals surface area contributed by atoms with Gasteiger partial charge in [-0.05, 0) is 47.4 Å². The van der Waals surface area contributed by atoms with Crippen molar-refractivity contribution >= 4 is 5.57 Å². The van der Waals surface area contributed by atoms with Crippen LogP contribution in [0.4, 0.5) is 8.78 Å². The molecule has 0 saturated heterocycles. The fourth-order valence-corrected chi connectivity index (χ4v) is 2.66. The van der Waals surface area contributed by atoms with E-state index in [1.165, 1.54) is 17.7 Å². The maximum Gasteiger partial charge on any atom is 0.165 e. The predicted octanol–water partition coefficient (Wildman–Crippen LogP) is 4.59. The molecule has 1 aliphatic rings. The second-order valence-corrected chi connectivity index (χ2v) is 6.05. The van der Waals surface area contributed by atoms with E-state index in [9.17, 15) is 8.78 Å². The van der Waals surface area contributed by atoms with Crippen LogP contribution in [0, 0.1) is 11.8 Å². The van der Waals surface area contributed by atoms with Crippen LogP contribution in [0.2, 0.25) is 0 Å². The molecule has 2 aromatic carbocycles. The average Bonchev–Trinajstić information content (AvgIpc) is 2.65. The number of nitrogens with two attached hydrogens (primary N) is 1. The minimum absolute atomic E-state index is 0.473. The monoisotopic (exact) mass is 335 g/mol. The Morgan fingerprint density at radius 1 is 1.08 bits per heavy atom. The van der Waals surface area contributed by atoms with Gasteiger partial charge in [0.25, 0.3) is 0 Å². The fourth-order valence-electron chi connectivity index (χ4n) is 2.66. The van der Waals surface area contributed by atoms with Crippen molar-refractivity contribution in [2.24, 2.45) is 5.73 Å². The Hall–Kier alpha value is -2.70. The molecule has 0 amide bonds. The van der Waals surface area contributed by atoms with Gasteiger partial charge in [0.1, 0.15) is 5.83 Å². The van der Waals surface area contributed by atoms with Crippen molar-refractivity contribution in [1.29, 1.82) is 0 Å². The summed E-state index contributed by atoms with van der Waals surface area (Å²) in [6.07, 6.45) is 1.79. The van der Waals surface area contributed by atoms with E-state index in [-0.39, 0.29) is 0 Å². The number of halogens is 2. The van der Waals surface area contributed by atoms with Crippen molar-refractivity contribution in [2.75, 3.05) is 0 Å². The van der Waals surface area contributed by atoms with Crippen LogP contribution < -0.4 is 5.73 Å². The molecule has 126 valence electrons. The van der Waals surface area contributed by atoms with E-state index in [0.29, 0.717) is 11.1 Å². The summed E-state index contributed by atoms with van der Waals surface area (Å²) in [7, 11) is 0. The zero-order valence-corrected chi connectivity index (χ0v) is 14.0. The molecular weight excluding hydrogens is 316 g/mol. The van der Waals surface area contributed by atoms with Gasteiger partial charge in [0.05, 0.1) is 0 Å². The summed E-state index contributed by atoms with van der Waals surface area (Å²) >= 11 is 0. The van der Waals surface area contributed by atoms with Crippen molar-refractivity contribution in [3.8, 4) is 11.8 Å². The van der Waals surface area contributed by atoms with Crippen LogP contribution in [0.3, 0.4) is 0 Å². The Kier molecular flexibility index (Phi) is 4.83. The van der Waals surface area contributed by atoms with Crippen LogP contribution in [0.25, 0.3) is 5.57 Å². The molecule has 1 nitrogen and oxygen atoms in total. The molecule has 3 rings (SSSR count). The fraction of sp³-hybridized carbons (Fsp3) is 0.182. The van der Waals surface area contributed by atoms with Crippen LogP contribution in [0.5, 0.6) is 0 Å². The van der Waals surface area contributed by atoms with Crippen molar-refractivity contribution in [3.63, 3.8) is 0 Å². The molecule has 0 bridgehead atoms. The smallest absolute Gasteiger partial charge is 0.165 e. The second-order valence-electron chi connectivity index (χ2n) is 6.05. The number of allylic oxidation sites excluding steroid dienone is 2. The first-order valence-corrected chi connectivity index (χ1v) is 8.23. The van der Waals surface area contributed by atoms with Gasteiger partial charge in [0.2, 0.25) is 0 Å². The number of aryl methyl sites for hydroxylation is 1. The highest BCUT2D eigenvalue weighted by atomic mass is 19.1. The highest BCUT2D eigenvalue weighted by Crippen LogP contribution is 2.33. The molecule has 3 heteroatoms. The Labute approximate surface area is 146 Å². The third-order valence-corrected chi connectivity index (χ3v) is 4.32. The zero-order valence-electron chi connectivity index (χ0n) is 14.0. The maximum atomic E-state index is 14.7. The number of hydrogen-bond acceptors (Lipinski definition) is 1. The third-order valence-electron chi connectivity index (χ3n) is 4.32. The zero-order chi connectivity index (χ0) is 17.9. The van der Waals surface area contributed by atoms with E-state index in [1.54, 1.807) is 12.1 Å². The molecule has 0 radical (unpaired) electrons. The quantitative estimate of drug-likeness (QED) is 0.798. The lowest BCUT2D eigenvalue weighted by molar-refractivity contribution is 0.284. The molecule has 0 heterocycles. The molecule has 2 unspecified atom stereocenters. The van der Waals surface area contributed by atoms with Gasteiger partial charge in [-0.3, -0.25) is 0 Å². The van der Waals surface area contributed by atoms with Gasteiger partial charge in [-0.25, -0.2) is 8.78 Å². The van der Waals surface area contributed by atoms with Crippen LogP contribution in [0.15, 0.2) is 72.6 Å². The van der Waals surface area contributed by atoms with Gasteiger partial charge in [-0.15, -0.1) is 0 Å². The minimum atomic E-state index is -1.96. The van der Waals surface area contributed by atoms with Gasteiger partial charge in [0, 0.05) is 5.56 Å². The van der Waals surface area contributed by atoms with Crippen molar-refractivity contribution < 1.29 is 8.78 Å². The first kappa shape index (κ1) is 17.1. The maximum absolute atomic E-state index is 14.7. The number of benzene rings is 2. The van der Waals surface area contributed by atoms with Crippen molar-refractivity contribution in [1.82, 2.24) is 0 Å². The SMILES string of the molecule is CCc1ccc(C#CC2(N)C(F)=CC(c3ccccc3)=CC2F)cc1. The highest BCUT2D eigenvalue weighted by molar-refractivity contribution is 5.77. The molecular formula is C22H19F2N. The standard InChI is InChI=1S/C22H19F2N/c1-2-16-8-10-17(11-9-16)12-13-22(25)20(23)14-19(15-21(22)24)18-6-4-3-5-7-18/h3-11,14-15,20H,2,25H2,1H3. The molecule has 0 aromatic heterocycles. The summed E-state index contributed by atoms with van der Waals surface area (Å²) in [4.78, 5) is 0. The van der Waals surface area contributed by atoms with E-state index in [0.717, 1.165) is 12.0 Å². The van der Waals surface area contributed by atoms with E-state index >= 15 is 0 Å². The summed E-state index contributed by atoms with van der Waals surface area (Å²) in [5, 5.41) is 0. The average molecular weight is 335 g/mol. The molecule has 0 fully saturated rings. The Morgan fingerprint density at radius 2 is 1.76 bits per heavy atom. The van der Waals surface area contributed by atoms with Gasteiger partial charge in [0.15, 0.2) is 11.7 Å². The van der Waals surface area contributed by atoms with Gasteiger partial charge < -0.3 is 5.73 Å². The van der Waals surface area contributed by atoms with Crippen LogP contribution in [-0.4, -0.2) is 11.7 Å². The first-order chi connectivity index (χ1) is 12.0. The Bertz CT molecular complexity index is 870. The minimum Gasteiger partial charge on any atom is -0.307 e. The lowest BCUT2D eigenvalue weighted by Gasteiger charge is -2.28. The molecule has 25 heavy (non-hydrogen) atoms. The van der Waals surface area contributed by atoms with E-state index in [2.05, 4.69) is 18.8 Å². The summed E-state index contributed by atoms with van der Waals surface area (Å²) in [5.74, 6) is 4.62. The van der Waals surface area contributed by atoms with Gasteiger partial charge in [-0.1, -0.05) is 61.2 Å². The van der Waals surface area contributed by atoms with Crippen LogP contribution in [0.1, 0.15) is 23.6 Å². The lowest BCUT2D eigenvalue weighted by Crippen LogP contribution is -2.49. The first-order valence-electron chi connectivity index (χ1n) is 8.23. The second kappa shape index (κ2) is 7.04. The van der Waals surface area contributed by atoms with Crippen molar-refractivity contribution in [2.45, 2.75) is 25.1 Å². The largest absolute Gasteiger partial charge is 0.307 e.